The summed E-state index contributed by atoms with van der Waals surface area (Å²) in [7, 11) is 0. The minimum absolute atomic E-state index is 0.0202. The van der Waals surface area contributed by atoms with E-state index < -0.39 is 0 Å². The summed E-state index contributed by atoms with van der Waals surface area (Å²) in [5.74, 6) is 1.58. The summed E-state index contributed by atoms with van der Waals surface area (Å²) in [5, 5.41) is 9.52. The molecule has 0 aliphatic carbocycles. The van der Waals surface area contributed by atoms with Crippen LogP contribution in [0.1, 0.15) is 51.8 Å². The van der Waals surface area contributed by atoms with Gasteiger partial charge in [0.25, 0.3) is 0 Å². The smallest absolute Gasteiger partial charge is 0.135 e. The zero-order chi connectivity index (χ0) is 15.1. The molecule has 1 aromatic carbocycles. The van der Waals surface area contributed by atoms with Crippen LogP contribution in [0.3, 0.4) is 0 Å². The van der Waals surface area contributed by atoms with Gasteiger partial charge in [-0.05, 0) is 25.5 Å². The second kappa shape index (κ2) is 8.03. The van der Waals surface area contributed by atoms with Gasteiger partial charge in [-0.1, -0.05) is 32.6 Å². The predicted octanol–water partition coefficient (Wildman–Crippen LogP) is 3.90. The van der Waals surface area contributed by atoms with Crippen LogP contribution in [0.5, 0.6) is 5.75 Å². The van der Waals surface area contributed by atoms with Crippen molar-refractivity contribution in [2.75, 3.05) is 6.61 Å². The number of aryl methyl sites for hydroxylation is 1. The number of hydrogen-bond acceptors (Lipinski definition) is 3. The van der Waals surface area contributed by atoms with Crippen LogP contribution in [0.15, 0.2) is 18.2 Å². The average molecular weight is 290 g/mol. The third-order valence-corrected chi connectivity index (χ3v) is 3.74. The minimum Gasteiger partial charge on any atom is -0.494 e. The topological polar surface area (TPSA) is 47.3 Å². The first-order valence-corrected chi connectivity index (χ1v) is 8.03. The Hall–Kier alpha value is -1.55. The second-order valence-corrected chi connectivity index (χ2v) is 5.34. The van der Waals surface area contributed by atoms with Crippen molar-refractivity contribution in [1.82, 2.24) is 9.55 Å². The van der Waals surface area contributed by atoms with Gasteiger partial charge < -0.3 is 14.4 Å². The molecule has 116 valence electrons. The first-order valence-electron chi connectivity index (χ1n) is 8.03. The Balaban J connectivity index is 2.13. The summed E-state index contributed by atoms with van der Waals surface area (Å²) < 4.78 is 7.65. The summed E-state index contributed by atoms with van der Waals surface area (Å²) in [4.78, 5) is 4.52. The molecule has 1 heterocycles. The number of aliphatic hydroxyl groups is 1. The van der Waals surface area contributed by atoms with Gasteiger partial charge in [0.05, 0.1) is 17.6 Å². The minimum atomic E-state index is -0.0202. The van der Waals surface area contributed by atoms with E-state index in [1.54, 1.807) is 0 Å². The molecule has 0 amide bonds. The lowest BCUT2D eigenvalue weighted by molar-refractivity contribution is 0.265. The molecule has 0 atom stereocenters. The van der Waals surface area contributed by atoms with E-state index in [4.69, 9.17) is 4.74 Å². The number of unbranched alkanes of at least 4 members (excludes halogenated alkanes) is 4. The summed E-state index contributed by atoms with van der Waals surface area (Å²) in [6.45, 7) is 5.75. The lowest BCUT2D eigenvalue weighted by Crippen LogP contribution is -2.04. The van der Waals surface area contributed by atoms with Crippen LogP contribution in [-0.4, -0.2) is 21.3 Å². The molecule has 21 heavy (non-hydrogen) atoms. The standard InChI is InChI=1S/C17H26N2O2/c1-3-5-6-7-8-11-19-16-10-9-14(21-4-2)12-15(16)18-17(19)13-20/h9-10,12,20H,3-8,11,13H2,1-2H3. The number of ether oxygens (including phenoxy) is 1. The van der Waals surface area contributed by atoms with E-state index in [1.807, 2.05) is 25.1 Å². The van der Waals surface area contributed by atoms with Crippen molar-refractivity contribution in [3.05, 3.63) is 24.0 Å². The third kappa shape index (κ3) is 3.97. The zero-order valence-electron chi connectivity index (χ0n) is 13.1. The second-order valence-electron chi connectivity index (χ2n) is 5.34. The fraction of sp³-hybridized carbons (Fsp3) is 0.588. The Morgan fingerprint density at radius 3 is 2.67 bits per heavy atom. The van der Waals surface area contributed by atoms with E-state index in [-0.39, 0.29) is 6.61 Å². The number of fused-ring (bicyclic) bond motifs is 1. The molecule has 1 aromatic heterocycles. The van der Waals surface area contributed by atoms with Gasteiger partial charge in [-0.25, -0.2) is 4.98 Å². The van der Waals surface area contributed by atoms with Gasteiger partial charge in [0, 0.05) is 12.6 Å². The van der Waals surface area contributed by atoms with E-state index >= 15 is 0 Å². The molecule has 4 nitrogen and oxygen atoms in total. The molecule has 0 unspecified atom stereocenters. The molecular formula is C17H26N2O2. The number of imidazole rings is 1. The van der Waals surface area contributed by atoms with E-state index in [2.05, 4.69) is 16.5 Å². The van der Waals surface area contributed by atoms with Gasteiger partial charge in [-0.2, -0.15) is 0 Å². The van der Waals surface area contributed by atoms with Crippen LogP contribution in [0.4, 0.5) is 0 Å². The predicted molar refractivity (Wildman–Crippen MR) is 85.6 cm³/mol. The van der Waals surface area contributed by atoms with Crippen molar-refractivity contribution >= 4 is 11.0 Å². The van der Waals surface area contributed by atoms with Crippen LogP contribution in [0, 0.1) is 0 Å². The van der Waals surface area contributed by atoms with Gasteiger partial charge in [-0.3, -0.25) is 0 Å². The van der Waals surface area contributed by atoms with E-state index in [1.165, 1.54) is 25.7 Å². The normalized spacial score (nSPS) is 11.2. The summed E-state index contributed by atoms with van der Waals surface area (Å²) >= 11 is 0. The number of aliphatic hydroxyl groups excluding tert-OH is 1. The maximum Gasteiger partial charge on any atom is 0.135 e. The van der Waals surface area contributed by atoms with Crippen molar-refractivity contribution in [3.8, 4) is 5.75 Å². The number of aromatic nitrogens is 2. The largest absolute Gasteiger partial charge is 0.494 e. The molecule has 0 radical (unpaired) electrons. The van der Waals surface area contributed by atoms with Crippen molar-refractivity contribution in [1.29, 1.82) is 0 Å². The van der Waals surface area contributed by atoms with E-state index in [9.17, 15) is 5.11 Å². The first-order chi connectivity index (χ1) is 10.3. The van der Waals surface area contributed by atoms with Crippen LogP contribution < -0.4 is 4.74 Å². The fourth-order valence-electron chi connectivity index (χ4n) is 2.66. The Bertz CT molecular complexity index is 563. The van der Waals surface area contributed by atoms with Crippen molar-refractivity contribution < 1.29 is 9.84 Å². The molecule has 0 saturated carbocycles. The van der Waals surface area contributed by atoms with Crippen molar-refractivity contribution in [2.24, 2.45) is 0 Å². The van der Waals surface area contributed by atoms with Gasteiger partial charge >= 0.3 is 0 Å². The Morgan fingerprint density at radius 1 is 1.14 bits per heavy atom. The van der Waals surface area contributed by atoms with Crippen LogP contribution in [-0.2, 0) is 13.2 Å². The highest BCUT2D eigenvalue weighted by Crippen LogP contribution is 2.23. The Kier molecular flexibility index (Phi) is 6.05. The molecule has 0 fully saturated rings. The molecule has 0 aliphatic rings. The molecule has 0 bridgehead atoms. The number of rotatable bonds is 9. The van der Waals surface area contributed by atoms with Crippen LogP contribution >= 0.6 is 0 Å². The van der Waals surface area contributed by atoms with Crippen molar-refractivity contribution in [3.63, 3.8) is 0 Å². The third-order valence-electron chi connectivity index (χ3n) is 3.74. The van der Waals surface area contributed by atoms with E-state index in [0.29, 0.717) is 6.61 Å². The SMILES string of the molecule is CCCCCCCn1c(CO)nc2cc(OCC)ccc21. The maximum atomic E-state index is 9.52. The summed E-state index contributed by atoms with van der Waals surface area (Å²) in [6.07, 6.45) is 6.21. The van der Waals surface area contributed by atoms with Gasteiger partial charge in [0.1, 0.15) is 18.2 Å². The molecule has 0 aliphatic heterocycles. The first kappa shape index (κ1) is 15.8. The number of benzene rings is 1. The molecule has 2 rings (SSSR count). The highest BCUT2D eigenvalue weighted by atomic mass is 16.5. The summed E-state index contributed by atoms with van der Waals surface area (Å²) in [5.41, 5.74) is 1.98. The molecule has 0 saturated heterocycles. The quantitative estimate of drug-likeness (QED) is 0.713. The zero-order valence-corrected chi connectivity index (χ0v) is 13.1. The Labute approximate surface area is 126 Å². The van der Waals surface area contributed by atoms with Gasteiger partial charge in [0.15, 0.2) is 0 Å². The number of nitrogens with zero attached hydrogens (tertiary/aromatic N) is 2. The molecule has 1 N–H and O–H groups in total. The Morgan fingerprint density at radius 2 is 1.95 bits per heavy atom. The average Bonchev–Trinajstić information content (AvgIpc) is 2.84. The lowest BCUT2D eigenvalue weighted by Gasteiger charge is -2.08. The van der Waals surface area contributed by atoms with Crippen molar-refractivity contribution in [2.45, 2.75) is 59.1 Å². The molecule has 0 spiro atoms. The maximum absolute atomic E-state index is 9.52. The van der Waals surface area contributed by atoms with Gasteiger partial charge in [-0.15, -0.1) is 0 Å². The van der Waals surface area contributed by atoms with Crippen LogP contribution in [0.25, 0.3) is 11.0 Å². The van der Waals surface area contributed by atoms with Crippen LogP contribution in [0.2, 0.25) is 0 Å². The molecule has 2 aromatic rings. The molecule has 4 heteroatoms. The highest BCUT2D eigenvalue weighted by molar-refractivity contribution is 5.77. The van der Waals surface area contributed by atoms with E-state index in [0.717, 1.165) is 35.6 Å². The lowest BCUT2D eigenvalue weighted by atomic mass is 10.1. The molecular weight excluding hydrogens is 264 g/mol. The number of hydrogen-bond donors (Lipinski definition) is 1. The fourth-order valence-corrected chi connectivity index (χ4v) is 2.66. The highest BCUT2D eigenvalue weighted by Gasteiger charge is 2.10. The monoisotopic (exact) mass is 290 g/mol. The van der Waals surface area contributed by atoms with Gasteiger partial charge in [0.2, 0.25) is 0 Å². The summed E-state index contributed by atoms with van der Waals surface area (Å²) in [6, 6.07) is 5.96.